The van der Waals surface area contributed by atoms with Crippen molar-refractivity contribution in [3.05, 3.63) is 29.3 Å². The average Bonchev–Trinajstić information content (AvgIpc) is 3.88. The van der Waals surface area contributed by atoms with Gasteiger partial charge in [0.2, 0.25) is 5.95 Å². The van der Waals surface area contributed by atoms with Crippen molar-refractivity contribution in [1.82, 2.24) is 43.9 Å². The molecule has 8 N–H and O–H groups in total. The van der Waals surface area contributed by atoms with Crippen LogP contribution in [0.15, 0.2) is 23.8 Å². The molecule has 54 heavy (non-hydrogen) atoms. The first kappa shape index (κ1) is 41.6. The number of aliphatic hydroxyl groups is 2. The first-order valence-electron chi connectivity index (χ1n) is 16.4. The zero-order valence-corrected chi connectivity index (χ0v) is 31.1. The Balaban J connectivity index is 0.000000730. The highest BCUT2D eigenvalue weighted by atomic mass is 31.2. The second kappa shape index (κ2) is 17.1. The Morgan fingerprint density at radius 2 is 1.50 bits per heavy atom. The number of methoxy groups -OCH3 is 1. The number of hydrogen-bond acceptors (Lipinski definition) is 21. The van der Waals surface area contributed by atoms with Crippen LogP contribution < -0.4 is 26.8 Å². The lowest BCUT2D eigenvalue weighted by atomic mass is 10.1. The summed E-state index contributed by atoms with van der Waals surface area (Å²) in [5.41, 5.74) is 10.9. The Hall–Kier alpha value is -3.52. The molecule has 2 aliphatic heterocycles. The van der Waals surface area contributed by atoms with Gasteiger partial charge in [0, 0.05) is 7.11 Å². The van der Waals surface area contributed by atoms with E-state index in [4.69, 9.17) is 39.6 Å². The summed E-state index contributed by atoms with van der Waals surface area (Å²) in [6, 6.07) is 0. The number of aromatic amines is 1. The van der Waals surface area contributed by atoms with Crippen LogP contribution in [0.5, 0.6) is 0 Å². The highest BCUT2D eigenvalue weighted by molar-refractivity contribution is 7.46. The van der Waals surface area contributed by atoms with E-state index in [0.717, 1.165) is 17.2 Å². The van der Waals surface area contributed by atoms with Gasteiger partial charge < -0.3 is 69.0 Å². The van der Waals surface area contributed by atoms with E-state index >= 15 is 0 Å². The van der Waals surface area contributed by atoms with Gasteiger partial charge in [0.05, 0.1) is 25.9 Å². The van der Waals surface area contributed by atoms with E-state index in [1.54, 1.807) is 0 Å². The van der Waals surface area contributed by atoms with Crippen LogP contribution in [0.3, 0.4) is 0 Å². The monoisotopic (exact) mass is 805 g/mol. The minimum absolute atomic E-state index is 0.0254. The Morgan fingerprint density at radius 1 is 0.889 bits per heavy atom. The van der Waals surface area contributed by atoms with Crippen LogP contribution in [0.25, 0.3) is 22.3 Å². The third-order valence-electron chi connectivity index (χ3n) is 8.67. The molecule has 0 amide bonds. The summed E-state index contributed by atoms with van der Waals surface area (Å²) < 4.78 is 58.5. The molecule has 6 heterocycles. The van der Waals surface area contributed by atoms with Gasteiger partial charge in [-0.05, 0) is 19.6 Å². The molecule has 27 heteroatoms. The van der Waals surface area contributed by atoms with Crippen LogP contribution in [0.4, 0.5) is 11.8 Å². The number of phosphoric ester groups is 2. The molecule has 2 saturated heterocycles. The number of anilines is 2. The standard InChI is InChI=1S/C21H28N10O14P2.C6H15N/c1-40-14-13(8(3-41-46(35,36)37)44-20(14)30-5-26-9-15(22)24-4-25-16(9)30)45-47(38,39)42-2-7-11(32)12(33)19(43-7)31-6-27-10-17(31)28-21(23)29-18(10)34;1-4-7(5-2)6-3/h4-8,11-14,19-20,32-33H,2-3H2,1H3,(H,38,39)(H2,22,24,25)(H2,35,36,37)(H3,23,28,29,34);4-6H2,1-3H3/p-2/t7-,8-,11-,12-,13-,14-,19-,20-;/m1./s1. The van der Waals surface area contributed by atoms with E-state index in [-0.39, 0.29) is 34.1 Å². The molecule has 4 aromatic rings. The largest absolute Gasteiger partial charge is 0.756 e. The highest BCUT2D eigenvalue weighted by Crippen LogP contribution is 2.48. The van der Waals surface area contributed by atoms with Gasteiger partial charge in [0.15, 0.2) is 35.1 Å². The molecule has 0 spiro atoms. The number of aromatic nitrogens is 8. The molecule has 2 aliphatic rings. The molecule has 10 atom stereocenters. The molecule has 25 nitrogen and oxygen atoms in total. The van der Waals surface area contributed by atoms with Gasteiger partial charge in [0.1, 0.15) is 48.5 Å². The average molecular weight is 806 g/mol. The van der Waals surface area contributed by atoms with E-state index in [2.05, 4.69) is 60.1 Å². The van der Waals surface area contributed by atoms with Gasteiger partial charge in [-0.15, -0.1) is 0 Å². The summed E-state index contributed by atoms with van der Waals surface area (Å²) in [4.78, 5) is 70.2. The molecule has 0 aliphatic carbocycles. The van der Waals surface area contributed by atoms with Gasteiger partial charge in [-0.3, -0.25) is 28.0 Å². The number of nitrogen functional groups attached to an aromatic ring is 2. The van der Waals surface area contributed by atoms with E-state index < -0.39 is 83.5 Å². The molecule has 0 aromatic carbocycles. The lowest BCUT2D eigenvalue weighted by Crippen LogP contribution is -2.39. The third-order valence-corrected chi connectivity index (χ3v) is 10.1. The molecule has 2 fully saturated rings. The molecular weight excluding hydrogens is 764 g/mol. The fourth-order valence-corrected chi connectivity index (χ4v) is 7.19. The number of rotatable bonds is 14. The third kappa shape index (κ3) is 9.12. The first-order chi connectivity index (χ1) is 25.5. The Labute approximate surface area is 306 Å². The maximum Gasteiger partial charge on any atom is 0.280 e. The van der Waals surface area contributed by atoms with E-state index in [1.807, 2.05) is 0 Å². The summed E-state index contributed by atoms with van der Waals surface area (Å²) in [5.74, 6) is -0.231. The van der Waals surface area contributed by atoms with Crippen LogP contribution in [0, 0.1) is 0 Å². The summed E-state index contributed by atoms with van der Waals surface area (Å²) in [6.45, 7) is 8.32. The van der Waals surface area contributed by atoms with Crippen molar-refractivity contribution < 1.29 is 61.8 Å². The predicted octanol–water partition coefficient (Wildman–Crippen LogP) is -2.65. The maximum atomic E-state index is 13.1. The molecular formula is C27H41N11O14P2-2. The number of fused-ring (bicyclic) bond motifs is 2. The van der Waals surface area contributed by atoms with Crippen LogP contribution >= 0.6 is 15.6 Å². The lowest BCUT2D eigenvalue weighted by molar-refractivity contribution is -0.237. The summed E-state index contributed by atoms with van der Waals surface area (Å²) >= 11 is 0. The number of hydrogen-bond donors (Lipinski definition) is 6. The maximum absolute atomic E-state index is 13.1. The number of nitrogens with one attached hydrogen (secondary N) is 1. The number of imidazole rings is 2. The topological polar surface area (TPSA) is 359 Å². The summed E-state index contributed by atoms with van der Waals surface area (Å²) in [5, 5.41) is 21.3. The second-order valence-corrected chi connectivity index (χ2v) is 14.4. The molecule has 0 radical (unpaired) electrons. The zero-order valence-electron chi connectivity index (χ0n) is 29.3. The van der Waals surface area contributed by atoms with Crippen LogP contribution in [-0.4, -0.2) is 136 Å². The van der Waals surface area contributed by atoms with Crippen molar-refractivity contribution in [2.45, 2.75) is 69.9 Å². The van der Waals surface area contributed by atoms with E-state index in [1.165, 1.54) is 37.6 Å². The first-order valence-corrected chi connectivity index (χ1v) is 19.4. The smallest absolute Gasteiger partial charge is 0.280 e. The molecule has 2 unspecified atom stereocenters. The fraction of sp³-hybridized carbons (Fsp3) is 0.630. The van der Waals surface area contributed by atoms with Crippen molar-refractivity contribution in [3.63, 3.8) is 0 Å². The number of aliphatic hydroxyl groups excluding tert-OH is 2. The normalized spacial score (nSPS) is 28.0. The van der Waals surface area contributed by atoms with E-state index in [0.29, 0.717) is 0 Å². The van der Waals surface area contributed by atoms with Crippen LogP contribution in [-0.2, 0) is 36.9 Å². The van der Waals surface area contributed by atoms with Gasteiger partial charge in [-0.25, -0.2) is 19.9 Å². The van der Waals surface area contributed by atoms with Gasteiger partial charge in [-0.1, -0.05) is 20.8 Å². The van der Waals surface area contributed by atoms with Crippen LogP contribution in [0.2, 0.25) is 0 Å². The Bertz CT molecular complexity index is 2030. The Morgan fingerprint density at radius 3 is 2.11 bits per heavy atom. The molecule has 0 bridgehead atoms. The van der Waals surface area contributed by atoms with Crippen molar-refractivity contribution in [2.75, 3.05) is 51.4 Å². The number of nitrogens with zero attached hydrogens (tertiary/aromatic N) is 8. The van der Waals surface area contributed by atoms with Crippen molar-refractivity contribution >= 4 is 49.7 Å². The zero-order chi connectivity index (χ0) is 39.5. The molecule has 6 rings (SSSR count). The number of phosphoric acid groups is 2. The molecule has 300 valence electrons. The van der Waals surface area contributed by atoms with E-state index in [9.17, 15) is 33.9 Å². The van der Waals surface area contributed by atoms with Gasteiger partial charge in [-0.2, -0.15) is 4.98 Å². The minimum Gasteiger partial charge on any atom is -0.756 e. The summed E-state index contributed by atoms with van der Waals surface area (Å²) in [7, 11) is -9.51. The van der Waals surface area contributed by atoms with Crippen LogP contribution in [0.1, 0.15) is 33.2 Å². The lowest BCUT2D eigenvalue weighted by Gasteiger charge is -2.31. The summed E-state index contributed by atoms with van der Waals surface area (Å²) in [6.07, 6.45) is -8.47. The van der Waals surface area contributed by atoms with Crippen molar-refractivity contribution in [2.24, 2.45) is 0 Å². The SMILES string of the molecule is CCN(CC)CC.CO[C@@H]1[C@H](OP(=O)([O-])OC[C@H]2O[C@@H](n3cnc4c(=O)[nH]c(N)nc43)[C@H](O)[C@@H]2O)[C@@H](COP(=O)([O-])O)O[C@H]1n1cnc2c(N)ncnc21. The fourth-order valence-electron chi connectivity index (χ4n) is 5.91. The predicted molar refractivity (Wildman–Crippen MR) is 181 cm³/mol. The number of H-pyrrole nitrogens is 1. The number of ether oxygens (including phenoxy) is 3. The Kier molecular flexibility index (Phi) is 13.2. The minimum atomic E-state index is -5.40. The quantitative estimate of drug-likeness (QED) is 0.0709. The highest BCUT2D eigenvalue weighted by Gasteiger charge is 2.50. The molecule has 4 aromatic heterocycles. The van der Waals surface area contributed by atoms with Crippen molar-refractivity contribution in [3.8, 4) is 0 Å². The molecule has 0 saturated carbocycles. The van der Waals surface area contributed by atoms with Gasteiger partial charge in [0.25, 0.3) is 21.2 Å². The van der Waals surface area contributed by atoms with Crippen molar-refractivity contribution in [1.29, 1.82) is 0 Å². The second-order valence-electron chi connectivity index (χ2n) is 11.9. The number of nitrogens with two attached hydrogens (primary N) is 2. The van der Waals surface area contributed by atoms with Gasteiger partial charge >= 0.3 is 0 Å².